The van der Waals surface area contributed by atoms with Crippen molar-refractivity contribution >= 4 is 0 Å². The molecule has 0 spiro atoms. The average Bonchev–Trinajstić information content (AvgIpc) is 2.16. The van der Waals surface area contributed by atoms with E-state index in [4.69, 9.17) is 0 Å². The van der Waals surface area contributed by atoms with Gasteiger partial charge in [0.25, 0.3) is 0 Å². The van der Waals surface area contributed by atoms with Crippen molar-refractivity contribution in [3.8, 4) is 0 Å². The zero-order valence-electron chi connectivity index (χ0n) is 8.28. The molecule has 0 aromatic carbocycles. The predicted molar refractivity (Wildman–Crippen MR) is 50.6 cm³/mol. The van der Waals surface area contributed by atoms with Crippen LogP contribution in [0.15, 0.2) is 11.6 Å². The molecule has 0 aromatic heterocycles. The maximum atomic E-state index is 2.42. The van der Waals surface area contributed by atoms with Gasteiger partial charge in [-0.15, -0.1) is 0 Å². The molecule has 0 heteroatoms. The van der Waals surface area contributed by atoms with Crippen LogP contribution in [0, 0.1) is 11.3 Å². The zero-order chi connectivity index (χ0) is 8.48. The molecule has 0 N–H and O–H groups in total. The Morgan fingerprint density at radius 1 is 1.55 bits per heavy atom. The number of rotatable bonds is 1. The van der Waals surface area contributed by atoms with E-state index in [1.165, 1.54) is 19.3 Å². The van der Waals surface area contributed by atoms with Gasteiger partial charge < -0.3 is 0 Å². The van der Waals surface area contributed by atoms with Gasteiger partial charge in [0.1, 0.15) is 0 Å². The third kappa shape index (κ3) is 1.50. The van der Waals surface area contributed by atoms with Crippen molar-refractivity contribution < 1.29 is 0 Å². The van der Waals surface area contributed by atoms with Crippen molar-refractivity contribution in [2.24, 2.45) is 11.3 Å². The van der Waals surface area contributed by atoms with Crippen molar-refractivity contribution in [1.82, 2.24) is 0 Å². The van der Waals surface area contributed by atoms with Gasteiger partial charge in [0.15, 0.2) is 0 Å². The lowest BCUT2D eigenvalue weighted by Crippen LogP contribution is -2.16. The van der Waals surface area contributed by atoms with Gasteiger partial charge in [0.2, 0.25) is 0 Å². The molecule has 1 fully saturated rings. The van der Waals surface area contributed by atoms with Crippen molar-refractivity contribution in [2.45, 2.75) is 47.0 Å². The van der Waals surface area contributed by atoms with Crippen LogP contribution in [0.25, 0.3) is 0 Å². The molecule has 1 saturated carbocycles. The van der Waals surface area contributed by atoms with Gasteiger partial charge in [-0.2, -0.15) is 0 Å². The quantitative estimate of drug-likeness (QED) is 0.502. The smallest absolute Gasteiger partial charge is 0.0119 e. The van der Waals surface area contributed by atoms with Gasteiger partial charge in [-0.3, -0.25) is 0 Å². The lowest BCUT2D eigenvalue weighted by atomic mass is 9.80. The van der Waals surface area contributed by atoms with Crippen LogP contribution in [0.4, 0.5) is 0 Å². The molecule has 11 heavy (non-hydrogen) atoms. The van der Waals surface area contributed by atoms with E-state index in [9.17, 15) is 0 Å². The summed E-state index contributed by atoms with van der Waals surface area (Å²) in [6.45, 7) is 9.36. The Bertz CT molecular complexity index is 163. The first-order valence-electron chi connectivity index (χ1n) is 4.78. The topological polar surface area (TPSA) is 0 Å². The van der Waals surface area contributed by atoms with Gasteiger partial charge in [-0.05, 0) is 30.6 Å². The highest BCUT2D eigenvalue weighted by molar-refractivity contribution is 5.18. The SMILES string of the molecule is CCC=C1CCC(C)C1(C)C. The van der Waals surface area contributed by atoms with E-state index in [1.807, 2.05) is 0 Å². The van der Waals surface area contributed by atoms with E-state index < -0.39 is 0 Å². The Balaban J connectivity index is 2.78. The fourth-order valence-electron chi connectivity index (χ4n) is 1.98. The molecule has 0 nitrogen and oxygen atoms in total. The first kappa shape index (κ1) is 8.83. The zero-order valence-corrected chi connectivity index (χ0v) is 8.28. The molecule has 0 radical (unpaired) electrons. The number of hydrogen-bond donors (Lipinski definition) is 0. The number of hydrogen-bond acceptors (Lipinski definition) is 0. The summed E-state index contributed by atoms with van der Waals surface area (Å²) in [6, 6.07) is 0. The van der Waals surface area contributed by atoms with E-state index in [2.05, 4.69) is 33.8 Å². The molecule has 0 aliphatic heterocycles. The minimum atomic E-state index is 0.482. The van der Waals surface area contributed by atoms with E-state index in [-0.39, 0.29) is 0 Å². The molecule has 64 valence electrons. The molecule has 0 aromatic rings. The fraction of sp³-hybridized carbons (Fsp3) is 0.818. The standard InChI is InChI=1S/C11H20/c1-5-6-10-8-7-9(2)11(10,3)4/h6,9H,5,7-8H2,1-4H3. The number of allylic oxidation sites excluding steroid dienone is 2. The Hall–Kier alpha value is -0.260. The maximum absolute atomic E-state index is 2.42. The van der Waals surface area contributed by atoms with Crippen LogP contribution in [0.1, 0.15) is 47.0 Å². The molecule has 0 amide bonds. The van der Waals surface area contributed by atoms with Crippen LogP contribution in [-0.4, -0.2) is 0 Å². The van der Waals surface area contributed by atoms with E-state index in [0.29, 0.717) is 5.41 Å². The van der Waals surface area contributed by atoms with Crippen molar-refractivity contribution in [3.05, 3.63) is 11.6 Å². The highest BCUT2D eigenvalue weighted by Crippen LogP contribution is 2.46. The fourth-order valence-corrected chi connectivity index (χ4v) is 1.98. The van der Waals surface area contributed by atoms with Crippen LogP contribution in [0.2, 0.25) is 0 Å². The molecule has 1 rings (SSSR count). The summed E-state index contributed by atoms with van der Waals surface area (Å²) >= 11 is 0. The van der Waals surface area contributed by atoms with Crippen molar-refractivity contribution in [1.29, 1.82) is 0 Å². The lowest BCUT2D eigenvalue weighted by molar-refractivity contribution is 0.331. The Labute approximate surface area is 70.7 Å². The molecule has 0 heterocycles. The predicted octanol–water partition coefficient (Wildman–Crippen LogP) is 3.78. The van der Waals surface area contributed by atoms with Crippen LogP contribution in [0.5, 0.6) is 0 Å². The van der Waals surface area contributed by atoms with Crippen LogP contribution in [0.3, 0.4) is 0 Å². The van der Waals surface area contributed by atoms with Crippen molar-refractivity contribution in [2.75, 3.05) is 0 Å². The lowest BCUT2D eigenvalue weighted by Gasteiger charge is -2.25. The minimum absolute atomic E-state index is 0.482. The summed E-state index contributed by atoms with van der Waals surface area (Å²) in [5.74, 6) is 0.875. The average molecular weight is 152 g/mol. The highest BCUT2D eigenvalue weighted by atomic mass is 14.4. The second-order valence-corrected chi connectivity index (χ2v) is 4.30. The van der Waals surface area contributed by atoms with E-state index >= 15 is 0 Å². The first-order chi connectivity index (χ1) is 5.09. The van der Waals surface area contributed by atoms with Crippen LogP contribution < -0.4 is 0 Å². The summed E-state index contributed by atoms with van der Waals surface area (Å²) in [6.07, 6.45) is 6.34. The first-order valence-corrected chi connectivity index (χ1v) is 4.78. The normalized spacial score (nSPS) is 33.1. The van der Waals surface area contributed by atoms with E-state index in [0.717, 1.165) is 5.92 Å². The summed E-state index contributed by atoms with van der Waals surface area (Å²) in [4.78, 5) is 0. The summed E-state index contributed by atoms with van der Waals surface area (Å²) in [5, 5.41) is 0. The highest BCUT2D eigenvalue weighted by Gasteiger charge is 2.34. The third-order valence-electron chi connectivity index (χ3n) is 3.36. The Morgan fingerprint density at radius 2 is 2.18 bits per heavy atom. The largest absolute Gasteiger partial charge is 0.0851 e. The molecule has 1 aliphatic rings. The van der Waals surface area contributed by atoms with Crippen molar-refractivity contribution in [3.63, 3.8) is 0 Å². The molecule has 0 bridgehead atoms. The van der Waals surface area contributed by atoms with E-state index in [1.54, 1.807) is 5.57 Å². The van der Waals surface area contributed by atoms with Crippen LogP contribution >= 0.6 is 0 Å². The van der Waals surface area contributed by atoms with Gasteiger partial charge >= 0.3 is 0 Å². The molecule has 0 saturated heterocycles. The minimum Gasteiger partial charge on any atom is -0.0851 e. The third-order valence-corrected chi connectivity index (χ3v) is 3.36. The molecule has 1 unspecified atom stereocenters. The van der Waals surface area contributed by atoms with Gasteiger partial charge in [0, 0.05) is 0 Å². The van der Waals surface area contributed by atoms with Gasteiger partial charge in [-0.1, -0.05) is 39.3 Å². The summed E-state index contributed by atoms with van der Waals surface area (Å²) in [7, 11) is 0. The molecule has 1 aliphatic carbocycles. The maximum Gasteiger partial charge on any atom is -0.0119 e. The summed E-state index contributed by atoms with van der Waals surface area (Å²) in [5.41, 5.74) is 2.17. The van der Waals surface area contributed by atoms with Crippen LogP contribution in [-0.2, 0) is 0 Å². The second kappa shape index (κ2) is 3.00. The Morgan fingerprint density at radius 3 is 2.55 bits per heavy atom. The molecular weight excluding hydrogens is 132 g/mol. The van der Waals surface area contributed by atoms with Gasteiger partial charge in [-0.25, -0.2) is 0 Å². The molecular formula is C11H20. The van der Waals surface area contributed by atoms with Gasteiger partial charge in [0.05, 0.1) is 0 Å². The monoisotopic (exact) mass is 152 g/mol. The summed E-state index contributed by atoms with van der Waals surface area (Å²) < 4.78 is 0. The second-order valence-electron chi connectivity index (χ2n) is 4.30. The molecule has 1 atom stereocenters. The Kier molecular flexibility index (Phi) is 2.41.